The molecule has 1 fully saturated rings. The lowest BCUT2D eigenvalue weighted by atomic mass is 9.93. The average Bonchev–Trinajstić information content (AvgIpc) is 3.52. The number of aromatic nitrogens is 4. The van der Waals surface area contributed by atoms with Gasteiger partial charge in [-0.15, -0.1) is 0 Å². The number of hydrogen-bond donors (Lipinski definition) is 3. The minimum atomic E-state index is -4.42. The molecular formula is C27H24F3N7. The first kappa shape index (κ1) is 23.2. The van der Waals surface area contributed by atoms with Crippen LogP contribution in [0, 0.1) is 12.8 Å². The summed E-state index contributed by atoms with van der Waals surface area (Å²) in [6.45, 7) is 1.89. The summed E-state index contributed by atoms with van der Waals surface area (Å²) in [4.78, 5) is 13.8. The van der Waals surface area contributed by atoms with E-state index in [0.29, 0.717) is 23.3 Å². The number of rotatable bonds is 1. The fourth-order valence-corrected chi connectivity index (χ4v) is 5.08. The van der Waals surface area contributed by atoms with Crippen LogP contribution in [0.4, 0.5) is 42.1 Å². The lowest BCUT2D eigenvalue weighted by Crippen LogP contribution is -2.13. The van der Waals surface area contributed by atoms with E-state index in [4.69, 9.17) is 4.99 Å². The van der Waals surface area contributed by atoms with Crippen molar-refractivity contribution in [2.45, 2.75) is 38.3 Å². The van der Waals surface area contributed by atoms with Crippen LogP contribution in [-0.4, -0.2) is 25.9 Å². The van der Waals surface area contributed by atoms with Crippen LogP contribution < -0.4 is 10.6 Å². The van der Waals surface area contributed by atoms with Crippen LogP contribution in [0.1, 0.15) is 47.7 Å². The molecule has 4 aromatic rings. The number of fused-ring (bicyclic) bond motifs is 2. The molecule has 7 nitrogen and oxygen atoms in total. The summed E-state index contributed by atoms with van der Waals surface area (Å²) >= 11 is 0. The molecular weight excluding hydrogens is 479 g/mol. The van der Waals surface area contributed by atoms with E-state index >= 15 is 0 Å². The van der Waals surface area contributed by atoms with Gasteiger partial charge in [-0.05, 0) is 62.1 Å². The van der Waals surface area contributed by atoms with E-state index in [1.54, 1.807) is 6.07 Å². The molecule has 3 N–H and O–H groups in total. The highest BCUT2D eigenvalue weighted by molar-refractivity contribution is 6.04. The third-order valence-corrected chi connectivity index (χ3v) is 6.83. The number of nitrogens with zero attached hydrogens (tertiary/aromatic N) is 4. The molecule has 2 unspecified atom stereocenters. The maximum atomic E-state index is 13.3. The van der Waals surface area contributed by atoms with E-state index in [9.17, 15) is 13.2 Å². The van der Waals surface area contributed by atoms with Crippen molar-refractivity contribution in [2.75, 3.05) is 10.6 Å². The maximum Gasteiger partial charge on any atom is 0.416 e. The fourth-order valence-electron chi connectivity index (χ4n) is 5.08. The Kier molecular flexibility index (Phi) is 5.66. The van der Waals surface area contributed by atoms with Crippen LogP contribution in [0.15, 0.2) is 65.7 Å². The molecule has 188 valence electrons. The number of benzene rings is 2. The topological polar surface area (TPSA) is 90.9 Å². The van der Waals surface area contributed by atoms with Crippen molar-refractivity contribution < 1.29 is 13.2 Å². The second-order valence-corrected chi connectivity index (χ2v) is 9.51. The van der Waals surface area contributed by atoms with Crippen LogP contribution >= 0.6 is 0 Å². The molecule has 37 heavy (non-hydrogen) atoms. The van der Waals surface area contributed by atoms with Gasteiger partial charge in [0, 0.05) is 41.0 Å². The molecule has 10 heteroatoms. The first-order valence-corrected chi connectivity index (χ1v) is 12.1. The number of hydrogen-bond acceptors (Lipinski definition) is 6. The number of halogens is 3. The van der Waals surface area contributed by atoms with Gasteiger partial charge in [-0.2, -0.15) is 23.3 Å². The summed E-state index contributed by atoms with van der Waals surface area (Å²) in [6, 6.07) is 16.7. The van der Waals surface area contributed by atoms with Crippen molar-refractivity contribution in [3.8, 4) is 0 Å². The fraction of sp³-hybridized carbons (Fsp3) is 0.259. The molecule has 1 aliphatic carbocycles. The second kappa shape index (κ2) is 9.02. The van der Waals surface area contributed by atoms with E-state index in [1.807, 2.05) is 43.3 Å². The van der Waals surface area contributed by atoms with Gasteiger partial charge in [0.05, 0.1) is 17.0 Å². The molecule has 0 saturated heterocycles. The van der Waals surface area contributed by atoms with Crippen LogP contribution in [0.5, 0.6) is 0 Å². The maximum absolute atomic E-state index is 13.3. The molecule has 2 aromatic heterocycles. The standard InChI is InChI=1S/C27H24F3N7/c1-15-11-23-34-24-14-22(36-37-24)17-5-6-18(12-17)25(32-21-4-2-3-19(13-21)27(28,29)30)16-7-9-20(10-8-16)33-26(31-15)35-23/h2-4,7-11,13-14,17-18H,5-6,12H2,1H3,(H3,31,33,34,35,36,37). The van der Waals surface area contributed by atoms with Crippen molar-refractivity contribution in [3.63, 3.8) is 0 Å². The number of aromatic amines is 1. The van der Waals surface area contributed by atoms with Gasteiger partial charge in [-0.25, -0.2) is 4.98 Å². The summed E-state index contributed by atoms with van der Waals surface area (Å²) in [7, 11) is 0. The zero-order valence-corrected chi connectivity index (χ0v) is 20.0. The average molecular weight is 504 g/mol. The van der Waals surface area contributed by atoms with Crippen LogP contribution in [0.2, 0.25) is 0 Å². The Morgan fingerprint density at radius 2 is 1.70 bits per heavy atom. The number of alkyl halides is 3. The SMILES string of the molecule is Cc1cc2nc(n1)Nc1ccc(cc1)C(=Nc1cccc(C(F)(F)F)c1)C1CCC(C1)c1cc(n[nH]1)N2. The molecule has 4 heterocycles. The van der Waals surface area contributed by atoms with E-state index in [1.165, 1.54) is 6.07 Å². The molecule has 2 atom stereocenters. The Labute approximate surface area is 211 Å². The minimum Gasteiger partial charge on any atom is -0.324 e. The van der Waals surface area contributed by atoms with Crippen LogP contribution in [-0.2, 0) is 6.18 Å². The van der Waals surface area contributed by atoms with Gasteiger partial charge in [0.15, 0.2) is 5.82 Å². The largest absolute Gasteiger partial charge is 0.416 e. The number of aliphatic imine (C=N–C) groups is 1. The molecule has 8 bridgehead atoms. The normalized spacial score (nSPS) is 20.1. The van der Waals surface area contributed by atoms with Gasteiger partial charge in [-0.3, -0.25) is 10.1 Å². The first-order chi connectivity index (χ1) is 17.8. The zero-order chi connectivity index (χ0) is 25.6. The van der Waals surface area contributed by atoms with E-state index in [2.05, 4.69) is 30.8 Å². The summed E-state index contributed by atoms with van der Waals surface area (Å²) in [5.41, 5.74) is 3.83. The third-order valence-electron chi connectivity index (χ3n) is 6.83. The zero-order valence-electron chi connectivity index (χ0n) is 20.0. The van der Waals surface area contributed by atoms with Crippen molar-refractivity contribution in [3.05, 3.63) is 83.2 Å². The molecule has 0 spiro atoms. The molecule has 1 saturated carbocycles. The number of aryl methyl sites for hydroxylation is 1. The Bertz CT molecular complexity index is 1470. The predicted molar refractivity (Wildman–Crippen MR) is 136 cm³/mol. The van der Waals surface area contributed by atoms with E-state index < -0.39 is 11.7 Å². The Morgan fingerprint density at radius 1 is 0.892 bits per heavy atom. The van der Waals surface area contributed by atoms with Crippen molar-refractivity contribution in [1.82, 2.24) is 20.2 Å². The molecule has 0 amide bonds. The van der Waals surface area contributed by atoms with Crippen LogP contribution in [0.25, 0.3) is 0 Å². The lowest BCUT2D eigenvalue weighted by Gasteiger charge is -2.16. The van der Waals surface area contributed by atoms with Gasteiger partial charge in [0.25, 0.3) is 0 Å². The van der Waals surface area contributed by atoms with E-state index in [0.717, 1.165) is 59.7 Å². The summed E-state index contributed by atoms with van der Waals surface area (Å²) in [5, 5.41) is 14.0. The molecule has 0 radical (unpaired) electrons. The van der Waals surface area contributed by atoms with Gasteiger partial charge in [0.1, 0.15) is 5.82 Å². The highest BCUT2D eigenvalue weighted by Crippen LogP contribution is 2.41. The van der Waals surface area contributed by atoms with Crippen molar-refractivity contribution in [1.29, 1.82) is 0 Å². The lowest BCUT2D eigenvalue weighted by molar-refractivity contribution is -0.137. The van der Waals surface area contributed by atoms with Crippen molar-refractivity contribution >= 4 is 34.7 Å². The number of nitrogens with one attached hydrogen (secondary N) is 3. The highest BCUT2D eigenvalue weighted by atomic mass is 19.4. The van der Waals surface area contributed by atoms with Gasteiger partial charge in [-0.1, -0.05) is 18.2 Å². The van der Waals surface area contributed by atoms with Gasteiger partial charge in [0.2, 0.25) is 5.95 Å². The highest BCUT2D eigenvalue weighted by Gasteiger charge is 2.33. The Hall–Kier alpha value is -4.21. The van der Waals surface area contributed by atoms with Crippen LogP contribution in [0.3, 0.4) is 0 Å². The molecule has 7 rings (SSSR count). The van der Waals surface area contributed by atoms with E-state index in [-0.39, 0.29) is 11.8 Å². The number of H-pyrrole nitrogens is 1. The second-order valence-electron chi connectivity index (χ2n) is 9.51. The third kappa shape index (κ3) is 4.91. The van der Waals surface area contributed by atoms with Gasteiger partial charge < -0.3 is 10.6 Å². The summed E-state index contributed by atoms with van der Waals surface area (Å²) in [5.74, 6) is 2.06. The molecule has 2 aliphatic heterocycles. The number of anilines is 4. The predicted octanol–water partition coefficient (Wildman–Crippen LogP) is 7.03. The Morgan fingerprint density at radius 3 is 2.51 bits per heavy atom. The summed E-state index contributed by atoms with van der Waals surface area (Å²) < 4.78 is 40.0. The molecule has 3 aliphatic rings. The van der Waals surface area contributed by atoms with Gasteiger partial charge >= 0.3 is 6.18 Å². The quantitative estimate of drug-likeness (QED) is 0.259. The van der Waals surface area contributed by atoms with Crippen molar-refractivity contribution in [2.24, 2.45) is 10.9 Å². The smallest absolute Gasteiger partial charge is 0.324 e. The molecule has 2 aromatic carbocycles. The Balaban J connectivity index is 1.44. The minimum absolute atomic E-state index is 0.0877. The summed E-state index contributed by atoms with van der Waals surface area (Å²) in [6.07, 6.45) is -1.82. The first-order valence-electron chi connectivity index (χ1n) is 12.1. The monoisotopic (exact) mass is 503 g/mol.